The fourth-order valence-corrected chi connectivity index (χ4v) is 4.90. The summed E-state index contributed by atoms with van der Waals surface area (Å²) in [6, 6.07) is 11.6. The lowest BCUT2D eigenvalue weighted by Gasteiger charge is -2.35. The van der Waals surface area contributed by atoms with E-state index in [4.69, 9.17) is 21.1 Å². The summed E-state index contributed by atoms with van der Waals surface area (Å²) < 4.78 is 38.6. The van der Waals surface area contributed by atoms with Gasteiger partial charge in [-0.1, -0.05) is 23.7 Å². The second kappa shape index (κ2) is 7.84. The standard InChI is InChI=1S/C18H21ClN2O4S/c1-24-15-9-16(25-2)11-17(10-15)26(22,23)21-7-6-20-12-18(21)13-4-3-5-14(19)8-13/h3-5,8-11,18,20H,6-7,12H2,1-2H3. The summed E-state index contributed by atoms with van der Waals surface area (Å²) in [5.74, 6) is 0.856. The molecule has 1 heterocycles. The first-order chi connectivity index (χ1) is 12.5. The lowest BCUT2D eigenvalue weighted by molar-refractivity contribution is 0.271. The Hall–Kier alpha value is -1.80. The summed E-state index contributed by atoms with van der Waals surface area (Å²) in [5, 5.41) is 3.83. The first-order valence-corrected chi connectivity index (χ1v) is 9.98. The summed E-state index contributed by atoms with van der Waals surface area (Å²) in [6.07, 6.45) is 0. The zero-order valence-electron chi connectivity index (χ0n) is 14.6. The van der Waals surface area contributed by atoms with E-state index >= 15 is 0 Å². The third-order valence-electron chi connectivity index (χ3n) is 4.36. The number of benzene rings is 2. The molecule has 1 aliphatic heterocycles. The maximum absolute atomic E-state index is 13.3. The Bertz CT molecular complexity index is 866. The van der Waals surface area contributed by atoms with Gasteiger partial charge in [0.25, 0.3) is 0 Å². The fraction of sp³-hybridized carbons (Fsp3) is 0.333. The lowest BCUT2D eigenvalue weighted by Crippen LogP contribution is -2.48. The molecule has 0 radical (unpaired) electrons. The maximum Gasteiger partial charge on any atom is 0.243 e. The number of hydrogen-bond acceptors (Lipinski definition) is 5. The van der Waals surface area contributed by atoms with E-state index in [1.807, 2.05) is 12.1 Å². The molecule has 1 N–H and O–H groups in total. The minimum atomic E-state index is -3.75. The number of methoxy groups -OCH3 is 2. The minimum Gasteiger partial charge on any atom is -0.497 e. The molecule has 3 rings (SSSR count). The average Bonchev–Trinajstić information content (AvgIpc) is 2.67. The second-order valence-electron chi connectivity index (χ2n) is 5.94. The number of piperazine rings is 1. The van der Waals surface area contributed by atoms with Crippen molar-refractivity contribution in [2.45, 2.75) is 10.9 Å². The first-order valence-electron chi connectivity index (χ1n) is 8.17. The van der Waals surface area contributed by atoms with Crippen molar-refractivity contribution in [3.63, 3.8) is 0 Å². The van der Waals surface area contributed by atoms with Gasteiger partial charge in [0.2, 0.25) is 10.0 Å². The summed E-state index contributed by atoms with van der Waals surface area (Å²) in [7, 11) is -0.765. The van der Waals surface area contributed by atoms with Gasteiger partial charge in [0, 0.05) is 42.9 Å². The van der Waals surface area contributed by atoms with Gasteiger partial charge < -0.3 is 14.8 Å². The third-order valence-corrected chi connectivity index (χ3v) is 6.48. The van der Waals surface area contributed by atoms with Crippen LogP contribution in [0.15, 0.2) is 47.4 Å². The van der Waals surface area contributed by atoms with Crippen molar-refractivity contribution in [3.8, 4) is 11.5 Å². The molecule has 0 aromatic heterocycles. The van der Waals surface area contributed by atoms with Gasteiger partial charge in [0.1, 0.15) is 11.5 Å². The van der Waals surface area contributed by atoms with Crippen LogP contribution >= 0.6 is 11.6 Å². The highest BCUT2D eigenvalue weighted by atomic mass is 35.5. The van der Waals surface area contributed by atoms with Crippen LogP contribution in [-0.4, -0.2) is 46.6 Å². The molecule has 1 aliphatic rings. The molecule has 26 heavy (non-hydrogen) atoms. The van der Waals surface area contributed by atoms with Crippen LogP contribution in [0.25, 0.3) is 0 Å². The molecule has 140 valence electrons. The average molecular weight is 397 g/mol. The van der Waals surface area contributed by atoms with Crippen LogP contribution in [0.3, 0.4) is 0 Å². The zero-order valence-corrected chi connectivity index (χ0v) is 16.2. The second-order valence-corrected chi connectivity index (χ2v) is 8.27. The largest absolute Gasteiger partial charge is 0.497 e. The van der Waals surface area contributed by atoms with E-state index in [-0.39, 0.29) is 10.9 Å². The fourth-order valence-electron chi connectivity index (χ4n) is 3.04. The van der Waals surface area contributed by atoms with E-state index in [2.05, 4.69) is 5.32 Å². The van der Waals surface area contributed by atoms with Gasteiger partial charge in [-0.3, -0.25) is 0 Å². The van der Waals surface area contributed by atoms with Crippen molar-refractivity contribution in [2.24, 2.45) is 0 Å². The summed E-state index contributed by atoms with van der Waals surface area (Å²) in [4.78, 5) is 0.141. The van der Waals surface area contributed by atoms with Crippen molar-refractivity contribution in [1.29, 1.82) is 0 Å². The smallest absolute Gasteiger partial charge is 0.243 e. The molecule has 0 amide bonds. The summed E-state index contributed by atoms with van der Waals surface area (Å²) in [5.41, 5.74) is 0.850. The molecule has 1 atom stereocenters. The molecule has 0 saturated carbocycles. The van der Waals surface area contributed by atoms with Crippen molar-refractivity contribution in [3.05, 3.63) is 53.1 Å². The number of hydrogen-bond donors (Lipinski definition) is 1. The quantitative estimate of drug-likeness (QED) is 0.841. The summed E-state index contributed by atoms with van der Waals surface area (Å²) >= 11 is 6.10. The molecule has 8 heteroatoms. The van der Waals surface area contributed by atoms with E-state index in [9.17, 15) is 8.42 Å². The van der Waals surface area contributed by atoms with Gasteiger partial charge in [-0.15, -0.1) is 0 Å². The highest BCUT2D eigenvalue weighted by Crippen LogP contribution is 2.33. The Labute approximate surface area is 158 Å². The Balaban J connectivity index is 2.04. The van der Waals surface area contributed by atoms with Crippen LogP contribution in [0, 0.1) is 0 Å². The molecule has 1 fully saturated rings. The third kappa shape index (κ3) is 3.81. The van der Waals surface area contributed by atoms with Gasteiger partial charge in [-0.05, 0) is 17.7 Å². The van der Waals surface area contributed by atoms with Crippen LogP contribution < -0.4 is 14.8 Å². The maximum atomic E-state index is 13.3. The summed E-state index contributed by atoms with van der Waals surface area (Å²) in [6.45, 7) is 1.46. The zero-order chi connectivity index (χ0) is 18.7. The molecule has 1 unspecified atom stereocenters. The number of ether oxygens (including phenoxy) is 2. The van der Waals surface area contributed by atoms with Gasteiger partial charge in [-0.25, -0.2) is 8.42 Å². The Kier molecular flexibility index (Phi) is 5.72. The van der Waals surface area contributed by atoms with Crippen LogP contribution in [-0.2, 0) is 10.0 Å². The highest BCUT2D eigenvalue weighted by Gasteiger charge is 2.35. The normalized spacial score (nSPS) is 18.5. The SMILES string of the molecule is COc1cc(OC)cc(S(=O)(=O)N2CCNCC2c2cccc(Cl)c2)c1. The number of halogens is 1. The number of rotatable bonds is 5. The van der Waals surface area contributed by atoms with E-state index in [0.717, 1.165) is 5.56 Å². The molecule has 2 aromatic carbocycles. The van der Waals surface area contributed by atoms with Gasteiger partial charge >= 0.3 is 0 Å². The monoisotopic (exact) mass is 396 g/mol. The molecule has 1 saturated heterocycles. The van der Waals surface area contributed by atoms with Crippen molar-refractivity contribution in [2.75, 3.05) is 33.9 Å². The van der Waals surface area contributed by atoms with E-state index < -0.39 is 10.0 Å². The molecule has 2 aromatic rings. The van der Waals surface area contributed by atoms with E-state index in [1.54, 1.807) is 18.2 Å². The van der Waals surface area contributed by atoms with Crippen LogP contribution in [0.4, 0.5) is 0 Å². The Morgan fingerprint density at radius 1 is 1.12 bits per heavy atom. The molecular weight excluding hydrogens is 376 g/mol. The number of nitrogens with one attached hydrogen (secondary N) is 1. The van der Waals surface area contributed by atoms with Crippen LogP contribution in [0.2, 0.25) is 5.02 Å². The number of sulfonamides is 1. The van der Waals surface area contributed by atoms with Crippen molar-refractivity contribution >= 4 is 21.6 Å². The molecule has 0 aliphatic carbocycles. The van der Waals surface area contributed by atoms with Crippen LogP contribution in [0.1, 0.15) is 11.6 Å². The molecule has 6 nitrogen and oxygen atoms in total. The molecule has 0 spiro atoms. The molecule has 0 bridgehead atoms. The number of nitrogens with zero attached hydrogens (tertiary/aromatic N) is 1. The van der Waals surface area contributed by atoms with Crippen molar-refractivity contribution in [1.82, 2.24) is 9.62 Å². The van der Waals surface area contributed by atoms with Crippen LogP contribution in [0.5, 0.6) is 11.5 Å². The highest BCUT2D eigenvalue weighted by molar-refractivity contribution is 7.89. The molecular formula is C18H21ClN2O4S. The Morgan fingerprint density at radius 3 is 2.42 bits per heavy atom. The van der Waals surface area contributed by atoms with Crippen molar-refractivity contribution < 1.29 is 17.9 Å². The van der Waals surface area contributed by atoms with Gasteiger partial charge in [0.05, 0.1) is 25.2 Å². The first kappa shape index (κ1) is 19.0. The Morgan fingerprint density at radius 2 is 1.81 bits per heavy atom. The van der Waals surface area contributed by atoms with Gasteiger partial charge in [-0.2, -0.15) is 4.31 Å². The van der Waals surface area contributed by atoms with Gasteiger partial charge in [0.15, 0.2) is 0 Å². The topological polar surface area (TPSA) is 67.9 Å². The van der Waals surface area contributed by atoms with E-state index in [0.29, 0.717) is 36.2 Å². The van der Waals surface area contributed by atoms with E-state index in [1.165, 1.54) is 30.7 Å². The lowest BCUT2D eigenvalue weighted by atomic mass is 10.1. The predicted molar refractivity (Wildman–Crippen MR) is 101 cm³/mol. The minimum absolute atomic E-state index is 0.141. The predicted octanol–water partition coefficient (Wildman–Crippen LogP) is 2.69.